The molecule has 0 saturated carbocycles. The summed E-state index contributed by atoms with van der Waals surface area (Å²) in [5, 5.41) is 3.84. The second-order valence-electron chi connectivity index (χ2n) is 6.73. The van der Waals surface area contributed by atoms with Gasteiger partial charge in [0.15, 0.2) is 18.4 Å². The molecule has 1 aromatic heterocycles. The maximum atomic E-state index is 12.9. The van der Waals surface area contributed by atoms with Gasteiger partial charge in [0.05, 0.1) is 0 Å². The summed E-state index contributed by atoms with van der Waals surface area (Å²) in [5.74, 6) is -2.01. The Bertz CT molecular complexity index is 907. The number of carbonyl (C=O) groups is 3. The van der Waals surface area contributed by atoms with E-state index in [0.717, 1.165) is 35.7 Å². The van der Waals surface area contributed by atoms with E-state index in [9.17, 15) is 24.0 Å². The number of nitrogens with zero attached hydrogens (tertiary/aromatic N) is 3. The molecule has 2 heterocycles. The molecule has 0 N–H and O–H groups in total. The van der Waals surface area contributed by atoms with E-state index >= 15 is 0 Å². The fourth-order valence-electron chi connectivity index (χ4n) is 3.03. The van der Waals surface area contributed by atoms with Crippen LogP contribution in [0.5, 0.6) is 0 Å². The summed E-state index contributed by atoms with van der Waals surface area (Å²) >= 11 is 0. The predicted octanol–water partition coefficient (Wildman–Crippen LogP) is -0.471. The Morgan fingerprint density at radius 3 is 2.27 bits per heavy atom. The molecule has 1 saturated heterocycles. The Balaban J connectivity index is 2.48. The molecule has 0 bridgehead atoms. The van der Waals surface area contributed by atoms with E-state index in [-0.39, 0.29) is 13.2 Å². The van der Waals surface area contributed by atoms with Crippen molar-refractivity contribution in [1.82, 2.24) is 14.3 Å². The maximum absolute atomic E-state index is 12.9. The molecular formula is C18H25N3O9. The van der Waals surface area contributed by atoms with E-state index in [1.54, 1.807) is 0 Å². The van der Waals surface area contributed by atoms with Crippen molar-refractivity contribution in [2.45, 2.75) is 71.6 Å². The van der Waals surface area contributed by atoms with Crippen molar-refractivity contribution >= 4 is 17.9 Å². The summed E-state index contributed by atoms with van der Waals surface area (Å²) < 4.78 is 23.1. The highest BCUT2D eigenvalue weighted by Crippen LogP contribution is 2.33. The lowest BCUT2D eigenvalue weighted by Gasteiger charge is -2.23. The first-order valence-electron chi connectivity index (χ1n) is 9.47. The van der Waals surface area contributed by atoms with Gasteiger partial charge in [0.25, 0.3) is 5.56 Å². The van der Waals surface area contributed by atoms with Gasteiger partial charge in [0, 0.05) is 27.3 Å². The minimum absolute atomic E-state index is 0.173. The summed E-state index contributed by atoms with van der Waals surface area (Å²) in [6.07, 6.45) is -2.47. The third-order valence-corrected chi connectivity index (χ3v) is 4.30. The lowest BCUT2D eigenvalue weighted by Crippen LogP contribution is -2.46. The Morgan fingerprint density at radius 2 is 1.70 bits per heavy atom. The Hall–Kier alpha value is -3.02. The van der Waals surface area contributed by atoms with Crippen molar-refractivity contribution in [3.05, 3.63) is 27.0 Å². The molecule has 2 unspecified atom stereocenters. The van der Waals surface area contributed by atoms with Crippen LogP contribution in [0.3, 0.4) is 0 Å². The number of carbonyl (C=O) groups excluding carboxylic acids is 3. The highest BCUT2D eigenvalue weighted by atomic mass is 16.7. The molecule has 12 heteroatoms. The Morgan fingerprint density at radius 1 is 1.07 bits per heavy atom. The molecule has 1 aromatic rings. The fourth-order valence-corrected chi connectivity index (χ4v) is 3.03. The number of esters is 3. The average molecular weight is 427 g/mol. The van der Waals surface area contributed by atoms with E-state index in [0.29, 0.717) is 6.42 Å². The Kier molecular flexibility index (Phi) is 7.86. The lowest BCUT2D eigenvalue weighted by atomic mass is 10.1. The van der Waals surface area contributed by atoms with Crippen LogP contribution < -0.4 is 11.2 Å². The SMILES string of the molecule is CCCCn1c(=O)cnn([C@@H]2O[C@H](COC(C)=O)C(OC(C)=O)C2OC(C)=O)c1=O. The van der Waals surface area contributed by atoms with Gasteiger partial charge in [-0.05, 0) is 6.42 Å². The van der Waals surface area contributed by atoms with Gasteiger partial charge in [-0.2, -0.15) is 9.78 Å². The fraction of sp³-hybridized carbons (Fsp3) is 0.667. The summed E-state index contributed by atoms with van der Waals surface area (Å²) in [7, 11) is 0. The van der Waals surface area contributed by atoms with Crippen LogP contribution in [0.2, 0.25) is 0 Å². The molecule has 1 aliphatic heterocycles. The first kappa shape index (κ1) is 23.3. The monoisotopic (exact) mass is 427 g/mol. The number of rotatable bonds is 8. The number of hydrogen-bond acceptors (Lipinski definition) is 10. The van der Waals surface area contributed by atoms with Crippen LogP contribution in [0.15, 0.2) is 15.8 Å². The van der Waals surface area contributed by atoms with E-state index in [2.05, 4.69) is 5.10 Å². The quantitative estimate of drug-likeness (QED) is 0.394. The molecule has 2 rings (SSSR count). The average Bonchev–Trinajstić information content (AvgIpc) is 2.96. The van der Waals surface area contributed by atoms with E-state index in [1.165, 1.54) is 6.92 Å². The van der Waals surface area contributed by atoms with Crippen LogP contribution in [0, 0.1) is 0 Å². The third kappa shape index (κ3) is 5.53. The van der Waals surface area contributed by atoms with E-state index < -0.39 is 53.7 Å². The summed E-state index contributed by atoms with van der Waals surface area (Å²) in [6, 6.07) is 0. The maximum Gasteiger partial charge on any atom is 0.350 e. The van der Waals surface area contributed by atoms with Crippen molar-refractivity contribution < 1.29 is 33.3 Å². The van der Waals surface area contributed by atoms with Crippen molar-refractivity contribution in [3.8, 4) is 0 Å². The lowest BCUT2D eigenvalue weighted by molar-refractivity contribution is -0.166. The molecule has 1 aliphatic rings. The molecule has 0 aliphatic carbocycles. The smallest absolute Gasteiger partial charge is 0.350 e. The first-order valence-corrected chi connectivity index (χ1v) is 9.47. The molecule has 0 radical (unpaired) electrons. The van der Waals surface area contributed by atoms with Crippen molar-refractivity contribution in [1.29, 1.82) is 0 Å². The summed E-state index contributed by atoms with van der Waals surface area (Å²) in [6.45, 7) is 5.24. The highest BCUT2D eigenvalue weighted by molar-refractivity contribution is 5.67. The van der Waals surface area contributed by atoms with Gasteiger partial charge in [-0.15, -0.1) is 0 Å². The van der Waals surface area contributed by atoms with Crippen molar-refractivity contribution in [2.24, 2.45) is 0 Å². The van der Waals surface area contributed by atoms with Crippen LogP contribution in [-0.2, 0) is 39.9 Å². The van der Waals surface area contributed by atoms with Gasteiger partial charge in [-0.1, -0.05) is 13.3 Å². The van der Waals surface area contributed by atoms with Crippen molar-refractivity contribution in [2.75, 3.05) is 6.61 Å². The number of unbranched alkanes of at least 4 members (excludes halogenated alkanes) is 1. The van der Waals surface area contributed by atoms with Gasteiger partial charge in [0.2, 0.25) is 0 Å². The largest absolute Gasteiger partial charge is 0.463 e. The first-order chi connectivity index (χ1) is 14.1. The zero-order chi connectivity index (χ0) is 22.4. The van der Waals surface area contributed by atoms with Gasteiger partial charge in [-0.3, -0.25) is 23.7 Å². The standard InChI is InChI=1S/C18H25N3O9/c1-5-6-7-20-14(25)8-19-21(18(20)26)17-16(29-12(4)24)15(28-11(3)23)13(30-17)9-27-10(2)22/h8,13,15-17H,5-7,9H2,1-4H3/t13-,15?,16?,17-/m1/s1. The highest BCUT2D eigenvalue weighted by Gasteiger charge is 2.51. The Labute approximate surface area is 171 Å². The topological polar surface area (TPSA) is 145 Å². The van der Waals surface area contributed by atoms with Crippen LogP contribution in [0.1, 0.15) is 46.8 Å². The number of aromatic nitrogens is 3. The van der Waals surface area contributed by atoms with Gasteiger partial charge >= 0.3 is 23.6 Å². The summed E-state index contributed by atoms with van der Waals surface area (Å²) in [5.41, 5.74) is -1.35. The molecular weight excluding hydrogens is 402 g/mol. The van der Waals surface area contributed by atoms with E-state index in [4.69, 9.17) is 18.9 Å². The number of hydrogen-bond donors (Lipinski definition) is 0. The van der Waals surface area contributed by atoms with Crippen molar-refractivity contribution in [3.63, 3.8) is 0 Å². The second-order valence-corrected chi connectivity index (χ2v) is 6.73. The molecule has 12 nitrogen and oxygen atoms in total. The van der Waals surface area contributed by atoms with Gasteiger partial charge in [-0.25, -0.2) is 4.79 Å². The number of ether oxygens (including phenoxy) is 4. The van der Waals surface area contributed by atoms with Gasteiger partial charge < -0.3 is 18.9 Å². The zero-order valence-corrected chi connectivity index (χ0v) is 17.2. The molecule has 0 aromatic carbocycles. The second kappa shape index (κ2) is 10.1. The normalized spacial score (nSPS) is 23.1. The molecule has 166 valence electrons. The molecule has 0 amide bonds. The van der Waals surface area contributed by atoms with Crippen LogP contribution in [0.25, 0.3) is 0 Å². The third-order valence-electron chi connectivity index (χ3n) is 4.30. The minimum atomic E-state index is -1.31. The zero-order valence-electron chi connectivity index (χ0n) is 17.2. The van der Waals surface area contributed by atoms with Crippen LogP contribution in [-0.4, -0.2) is 57.2 Å². The van der Waals surface area contributed by atoms with Gasteiger partial charge in [0.1, 0.15) is 18.9 Å². The molecule has 30 heavy (non-hydrogen) atoms. The summed E-state index contributed by atoms with van der Waals surface area (Å²) in [4.78, 5) is 59.4. The molecule has 1 fully saturated rings. The predicted molar refractivity (Wildman–Crippen MR) is 99.3 cm³/mol. The van der Waals surface area contributed by atoms with Crippen LogP contribution in [0.4, 0.5) is 0 Å². The minimum Gasteiger partial charge on any atom is -0.463 e. The van der Waals surface area contributed by atoms with E-state index in [1.807, 2.05) is 6.92 Å². The molecule has 4 atom stereocenters. The van der Waals surface area contributed by atoms with Crippen LogP contribution >= 0.6 is 0 Å². The molecule has 0 spiro atoms.